The van der Waals surface area contributed by atoms with Gasteiger partial charge in [-0.25, -0.2) is 0 Å². The van der Waals surface area contributed by atoms with Crippen molar-refractivity contribution in [3.05, 3.63) is 38.5 Å². The Balaban J connectivity index is -0.000000596. The van der Waals surface area contributed by atoms with E-state index in [2.05, 4.69) is 50.5 Å². The third-order valence-corrected chi connectivity index (χ3v) is 3.91. The Morgan fingerprint density at radius 3 is 1.33 bits per heavy atom. The normalized spacial score (nSPS) is 9.10. The SMILES string of the molecule is C=COCCCN.C=COCCCNC(=O)CNCC(=O)NCCCOC=C.COC(=O)CNCC(=O)OC. The lowest BCUT2D eigenvalue weighted by atomic mass is 10.4. The molecule has 0 aliphatic rings. The van der Waals surface area contributed by atoms with Gasteiger partial charge in [0.25, 0.3) is 0 Å². The van der Waals surface area contributed by atoms with Crippen molar-refractivity contribution in [2.45, 2.75) is 19.3 Å². The van der Waals surface area contributed by atoms with Gasteiger partial charge in [-0.15, -0.1) is 0 Å². The molecule has 0 rings (SSSR count). The van der Waals surface area contributed by atoms with E-state index in [-0.39, 0.29) is 38.0 Å². The highest BCUT2D eigenvalue weighted by atomic mass is 16.5. The molecule has 0 atom stereocenters. The zero-order chi connectivity index (χ0) is 30.0. The average molecular weight is 562 g/mol. The molecule has 0 spiro atoms. The number of amides is 2. The van der Waals surface area contributed by atoms with Gasteiger partial charge in [-0.1, -0.05) is 19.7 Å². The summed E-state index contributed by atoms with van der Waals surface area (Å²) in [5.41, 5.74) is 5.15. The van der Waals surface area contributed by atoms with Gasteiger partial charge in [0.1, 0.15) is 0 Å². The molecule has 14 nitrogen and oxygen atoms in total. The van der Waals surface area contributed by atoms with Crippen molar-refractivity contribution in [3.8, 4) is 0 Å². The van der Waals surface area contributed by atoms with Gasteiger partial charge in [0.15, 0.2) is 0 Å². The van der Waals surface area contributed by atoms with Crippen molar-refractivity contribution >= 4 is 23.8 Å². The van der Waals surface area contributed by atoms with Crippen LogP contribution in [0, 0.1) is 0 Å². The van der Waals surface area contributed by atoms with Crippen LogP contribution in [0.2, 0.25) is 0 Å². The Morgan fingerprint density at radius 2 is 1.00 bits per heavy atom. The molecule has 14 heteroatoms. The van der Waals surface area contributed by atoms with Crippen molar-refractivity contribution in [2.75, 3.05) is 79.9 Å². The Labute approximate surface area is 231 Å². The highest BCUT2D eigenvalue weighted by Gasteiger charge is 2.04. The zero-order valence-corrected chi connectivity index (χ0v) is 23.3. The summed E-state index contributed by atoms with van der Waals surface area (Å²) in [6.45, 7) is 13.9. The van der Waals surface area contributed by atoms with Crippen LogP contribution in [-0.2, 0) is 42.9 Å². The van der Waals surface area contributed by atoms with Crippen LogP contribution in [0.5, 0.6) is 0 Å². The van der Waals surface area contributed by atoms with Crippen LogP contribution in [0.25, 0.3) is 0 Å². The van der Waals surface area contributed by atoms with E-state index in [9.17, 15) is 19.2 Å². The van der Waals surface area contributed by atoms with Crippen LogP contribution < -0.4 is 27.0 Å². The summed E-state index contributed by atoms with van der Waals surface area (Å²) in [5, 5.41) is 10.7. The lowest BCUT2D eigenvalue weighted by Crippen LogP contribution is -2.40. The number of carbonyl (C=O) groups excluding carboxylic acids is 4. The molecular weight excluding hydrogens is 514 g/mol. The van der Waals surface area contributed by atoms with Gasteiger partial charge >= 0.3 is 11.9 Å². The molecule has 0 unspecified atom stereocenters. The number of carbonyl (C=O) groups is 4. The van der Waals surface area contributed by atoms with E-state index in [1.807, 2.05) is 0 Å². The van der Waals surface area contributed by atoms with E-state index >= 15 is 0 Å². The largest absolute Gasteiger partial charge is 0.502 e. The minimum absolute atomic E-state index is 0.0194. The van der Waals surface area contributed by atoms with Crippen LogP contribution in [0.4, 0.5) is 0 Å². The first kappa shape index (κ1) is 39.9. The van der Waals surface area contributed by atoms with Crippen LogP contribution in [0.1, 0.15) is 19.3 Å². The summed E-state index contributed by atoms with van der Waals surface area (Å²) in [6.07, 6.45) is 6.49. The van der Waals surface area contributed by atoms with E-state index in [4.69, 9.17) is 19.9 Å². The van der Waals surface area contributed by atoms with Gasteiger partial charge < -0.3 is 40.1 Å². The molecule has 0 heterocycles. The first-order valence-electron chi connectivity index (χ1n) is 12.3. The van der Waals surface area contributed by atoms with Gasteiger partial charge in [-0.3, -0.25) is 29.8 Å². The molecule has 2 amide bonds. The molecule has 0 saturated heterocycles. The van der Waals surface area contributed by atoms with E-state index in [1.54, 1.807) is 0 Å². The van der Waals surface area contributed by atoms with E-state index in [0.29, 0.717) is 52.3 Å². The second-order valence-electron chi connectivity index (χ2n) is 7.02. The summed E-state index contributed by atoms with van der Waals surface area (Å²) >= 11 is 0. The molecular formula is C25H47N5O9. The van der Waals surface area contributed by atoms with Crippen LogP contribution in [-0.4, -0.2) is 104 Å². The van der Waals surface area contributed by atoms with Crippen LogP contribution in [0.3, 0.4) is 0 Å². The minimum Gasteiger partial charge on any atom is -0.502 e. The van der Waals surface area contributed by atoms with Gasteiger partial charge in [-0.05, 0) is 25.8 Å². The summed E-state index contributed by atoms with van der Waals surface area (Å²) in [4.78, 5) is 43.7. The van der Waals surface area contributed by atoms with Gasteiger partial charge in [0.05, 0.1) is 79.0 Å². The van der Waals surface area contributed by atoms with E-state index in [0.717, 1.165) is 6.42 Å². The topological polar surface area (TPSA) is 189 Å². The average Bonchev–Trinajstić information content (AvgIpc) is 2.93. The van der Waals surface area contributed by atoms with Crippen molar-refractivity contribution < 1.29 is 42.9 Å². The Morgan fingerprint density at radius 1 is 0.641 bits per heavy atom. The maximum atomic E-state index is 11.4. The minimum atomic E-state index is -0.408. The Bertz CT molecular complexity index is 618. The molecule has 0 aromatic heterocycles. The van der Waals surface area contributed by atoms with Crippen molar-refractivity contribution in [3.63, 3.8) is 0 Å². The third kappa shape index (κ3) is 39.1. The van der Waals surface area contributed by atoms with Gasteiger partial charge in [0, 0.05) is 13.1 Å². The molecule has 0 bridgehead atoms. The fraction of sp³-hybridized carbons (Fsp3) is 0.600. The predicted octanol–water partition coefficient (Wildman–Crippen LogP) is -0.674. The fourth-order valence-corrected chi connectivity index (χ4v) is 2.01. The first-order valence-corrected chi connectivity index (χ1v) is 12.3. The van der Waals surface area contributed by atoms with Gasteiger partial charge in [-0.2, -0.15) is 0 Å². The highest BCUT2D eigenvalue weighted by Crippen LogP contribution is 1.82. The van der Waals surface area contributed by atoms with Crippen LogP contribution >= 0.6 is 0 Å². The second-order valence-corrected chi connectivity index (χ2v) is 7.02. The number of hydrogen-bond donors (Lipinski definition) is 5. The predicted molar refractivity (Wildman–Crippen MR) is 147 cm³/mol. The fourth-order valence-electron chi connectivity index (χ4n) is 2.01. The van der Waals surface area contributed by atoms with Crippen molar-refractivity contribution in [1.29, 1.82) is 0 Å². The summed E-state index contributed by atoms with van der Waals surface area (Å²) in [7, 11) is 2.56. The summed E-state index contributed by atoms with van der Waals surface area (Å²) < 4.78 is 23.2. The molecule has 0 aliphatic heterocycles. The molecule has 0 aromatic rings. The Kier molecular flexibility index (Phi) is 35.2. The molecule has 6 N–H and O–H groups in total. The molecule has 226 valence electrons. The summed E-state index contributed by atoms with van der Waals surface area (Å²) in [5.74, 6) is -1.12. The number of nitrogens with one attached hydrogen (secondary N) is 4. The molecule has 0 saturated carbocycles. The summed E-state index contributed by atoms with van der Waals surface area (Å²) in [6, 6.07) is 0. The third-order valence-electron chi connectivity index (χ3n) is 3.91. The molecule has 0 aliphatic carbocycles. The number of methoxy groups -OCH3 is 2. The monoisotopic (exact) mass is 561 g/mol. The number of nitrogens with two attached hydrogens (primary N) is 1. The van der Waals surface area contributed by atoms with E-state index < -0.39 is 11.9 Å². The second kappa shape index (κ2) is 34.4. The maximum Gasteiger partial charge on any atom is 0.319 e. The van der Waals surface area contributed by atoms with Crippen molar-refractivity contribution in [1.82, 2.24) is 21.3 Å². The molecule has 0 aromatic carbocycles. The number of hydrogen-bond acceptors (Lipinski definition) is 12. The maximum absolute atomic E-state index is 11.4. The smallest absolute Gasteiger partial charge is 0.319 e. The Hall–Kier alpha value is -3.62. The number of ether oxygens (including phenoxy) is 5. The molecule has 39 heavy (non-hydrogen) atoms. The number of rotatable bonds is 22. The van der Waals surface area contributed by atoms with Crippen LogP contribution in [0.15, 0.2) is 38.5 Å². The van der Waals surface area contributed by atoms with Crippen molar-refractivity contribution in [2.24, 2.45) is 5.73 Å². The van der Waals surface area contributed by atoms with E-state index in [1.165, 1.54) is 33.0 Å². The zero-order valence-electron chi connectivity index (χ0n) is 23.3. The number of esters is 2. The highest BCUT2D eigenvalue weighted by molar-refractivity contribution is 5.81. The quantitative estimate of drug-likeness (QED) is 0.0638. The lowest BCUT2D eigenvalue weighted by molar-refractivity contribution is -0.141. The standard InChI is InChI=1S/C14H25N3O4.C6H11NO4.C5H11NO/c1-3-20-9-5-7-16-13(18)11-15-12-14(19)17-8-6-10-21-4-2;1-10-5(8)3-7-4-6(9)11-2;1-2-7-5-3-4-6/h3-4,15H,1-2,5-12H2,(H,16,18)(H,17,19);7H,3-4H2,1-2H3;2H,1,3-6H2. The first-order chi connectivity index (χ1) is 18.8. The molecule has 0 fully saturated rings. The van der Waals surface area contributed by atoms with Gasteiger partial charge in [0.2, 0.25) is 11.8 Å². The molecule has 0 radical (unpaired) electrons. The lowest BCUT2D eigenvalue weighted by Gasteiger charge is -2.07.